The molecule has 0 spiro atoms. The third kappa shape index (κ3) is 4.04. The Morgan fingerprint density at radius 2 is 1.66 bits per heavy atom. The van der Waals surface area contributed by atoms with Crippen LogP contribution in [0, 0.1) is 3.57 Å². The number of hydrogen-bond donors (Lipinski definition) is 1. The number of amides is 4. The number of benzene rings is 2. The van der Waals surface area contributed by atoms with Gasteiger partial charge in [0.05, 0.1) is 30.6 Å². The number of barbiturate groups is 1. The molecule has 1 fully saturated rings. The van der Waals surface area contributed by atoms with Crippen LogP contribution in [0.5, 0.6) is 17.2 Å². The average Bonchev–Trinajstić information content (AvgIpc) is 2.71. The number of carbonyl (C=O) groups excluding carboxylic acids is 3. The van der Waals surface area contributed by atoms with Crippen molar-refractivity contribution in [2.45, 2.75) is 0 Å². The molecule has 1 N–H and O–H groups in total. The van der Waals surface area contributed by atoms with Crippen LogP contribution in [0.2, 0.25) is 0 Å². The number of halogens is 1. The summed E-state index contributed by atoms with van der Waals surface area (Å²) in [6.07, 6.45) is 1.41. The van der Waals surface area contributed by atoms with Gasteiger partial charge in [0, 0.05) is 0 Å². The first kappa shape index (κ1) is 20.6. The predicted molar refractivity (Wildman–Crippen MR) is 114 cm³/mol. The first-order valence-corrected chi connectivity index (χ1v) is 9.44. The third-order valence-corrected chi connectivity index (χ3v) is 5.00. The van der Waals surface area contributed by atoms with E-state index in [0.717, 1.165) is 8.47 Å². The number of ether oxygens (including phenoxy) is 3. The van der Waals surface area contributed by atoms with Crippen LogP contribution >= 0.6 is 22.6 Å². The number of urea groups is 1. The van der Waals surface area contributed by atoms with Gasteiger partial charge in [-0.3, -0.25) is 14.9 Å². The minimum atomic E-state index is -0.816. The second-order valence-corrected chi connectivity index (χ2v) is 7.06. The molecule has 0 unspecified atom stereocenters. The number of nitrogens with zero attached hydrogens (tertiary/aromatic N) is 1. The van der Waals surface area contributed by atoms with Crippen molar-refractivity contribution in [3.63, 3.8) is 0 Å². The van der Waals surface area contributed by atoms with Crippen LogP contribution in [0.4, 0.5) is 10.5 Å². The van der Waals surface area contributed by atoms with Crippen LogP contribution in [-0.4, -0.2) is 39.2 Å². The third-order valence-electron chi connectivity index (χ3n) is 4.20. The van der Waals surface area contributed by atoms with Crippen molar-refractivity contribution in [2.75, 3.05) is 26.2 Å². The molecule has 0 bridgehead atoms. The van der Waals surface area contributed by atoms with Crippen LogP contribution in [0.1, 0.15) is 5.56 Å². The lowest BCUT2D eigenvalue weighted by Gasteiger charge is -2.26. The van der Waals surface area contributed by atoms with E-state index >= 15 is 0 Å². The van der Waals surface area contributed by atoms with E-state index in [4.69, 9.17) is 14.2 Å². The maximum absolute atomic E-state index is 13.0. The standard InChI is InChI=1S/C20H17IN2O6/c1-27-13-6-4-12(5-7-13)23-19(25)14(18(24)22-20(23)26)8-11-9-15(21)17(29-3)16(10-11)28-2/h4-10H,1-3H3,(H,22,24,26)/b14-8+. The van der Waals surface area contributed by atoms with Crippen LogP contribution < -0.4 is 24.4 Å². The van der Waals surface area contributed by atoms with Crippen molar-refractivity contribution in [3.05, 3.63) is 51.1 Å². The van der Waals surface area contributed by atoms with Crippen LogP contribution in [0.15, 0.2) is 42.0 Å². The van der Waals surface area contributed by atoms with E-state index in [2.05, 4.69) is 27.9 Å². The second-order valence-electron chi connectivity index (χ2n) is 5.89. The molecule has 8 nitrogen and oxygen atoms in total. The molecule has 29 heavy (non-hydrogen) atoms. The van der Waals surface area contributed by atoms with Crippen molar-refractivity contribution < 1.29 is 28.6 Å². The molecule has 0 aromatic heterocycles. The maximum atomic E-state index is 13.0. The van der Waals surface area contributed by atoms with E-state index in [-0.39, 0.29) is 5.57 Å². The van der Waals surface area contributed by atoms with Crippen molar-refractivity contribution >= 4 is 52.2 Å². The van der Waals surface area contributed by atoms with Crippen molar-refractivity contribution in [3.8, 4) is 17.2 Å². The molecule has 0 saturated carbocycles. The van der Waals surface area contributed by atoms with Gasteiger partial charge in [0.2, 0.25) is 0 Å². The van der Waals surface area contributed by atoms with Gasteiger partial charge >= 0.3 is 6.03 Å². The average molecular weight is 508 g/mol. The highest BCUT2D eigenvalue weighted by atomic mass is 127. The zero-order valence-corrected chi connectivity index (χ0v) is 18.0. The summed E-state index contributed by atoms with van der Waals surface area (Å²) in [5, 5.41) is 2.19. The smallest absolute Gasteiger partial charge is 0.335 e. The quantitative estimate of drug-likeness (QED) is 0.379. The largest absolute Gasteiger partial charge is 0.497 e. The van der Waals surface area contributed by atoms with Crippen molar-refractivity contribution in [1.29, 1.82) is 0 Å². The number of rotatable bonds is 5. The Morgan fingerprint density at radius 3 is 2.24 bits per heavy atom. The molecule has 2 aromatic carbocycles. The summed E-state index contributed by atoms with van der Waals surface area (Å²) in [4.78, 5) is 38.5. The molecular formula is C20H17IN2O6. The van der Waals surface area contributed by atoms with Gasteiger partial charge < -0.3 is 14.2 Å². The van der Waals surface area contributed by atoms with Gasteiger partial charge in [-0.1, -0.05) is 0 Å². The highest BCUT2D eigenvalue weighted by Crippen LogP contribution is 2.34. The predicted octanol–water partition coefficient (Wildman–Crippen LogP) is 2.98. The number of hydrogen-bond acceptors (Lipinski definition) is 6. The minimum Gasteiger partial charge on any atom is -0.497 e. The van der Waals surface area contributed by atoms with E-state index in [9.17, 15) is 14.4 Å². The Kier molecular flexibility index (Phi) is 6.06. The molecule has 0 aliphatic carbocycles. The lowest BCUT2D eigenvalue weighted by molar-refractivity contribution is -0.122. The summed E-state index contributed by atoms with van der Waals surface area (Å²) in [7, 11) is 4.53. The summed E-state index contributed by atoms with van der Waals surface area (Å²) in [6.45, 7) is 0. The number of carbonyl (C=O) groups is 3. The highest BCUT2D eigenvalue weighted by Gasteiger charge is 2.36. The molecule has 1 aliphatic heterocycles. The van der Waals surface area contributed by atoms with Crippen molar-refractivity contribution in [2.24, 2.45) is 0 Å². The Balaban J connectivity index is 2.02. The maximum Gasteiger partial charge on any atom is 0.335 e. The lowest BCUT2D eigenvalue weighted by atomic mass is 10.1. The van der Waals surface area contributed by atoms with Crippen LogP contribution in [0.25, 0.3) is 6.08 Å². The van der Waals surface area contributed by atoms with Crippen LogP contribution in [-0.2, 0) is 9.59 Å². The fourth-order valence-corrected chi connectivity index (χ4v) is 3.66. The minimum absolute atomic E-state index is 0.177. The molecule has 9 heteroatoms. The van der Waals surface area contributed by atoms with Crippen molar-refractivity contribution in [1.82, 2.24) is 5.32 Å². The Bertz CT molecular complexity index is 1020. The van der Waals surface area contributed by atoms with Gasteiger partial charge in [-0.05, 0) is 70.6 Å². The zero-order chi connectivity index (χ0) is 21.1. The fourth-order valence-electron chi connectivity index (χ4n) is 2.81. The molecule has 1 heterocycles. The highest BCUT2D eigenvalue weighted by molar-refractivity contribution is 14.1. The van der Waals surface area contributed by atoms with Gasteiger partial charge in [0.25, 0.3) is 11.8 Å². The molecule has 1 saturated heterocycles. The summed E-state index contributed by atoms with van der Waals surface area (Å²) in [5.74, 6) is 0.0799. The van der Waals surface area contributed by atoms with E-state index in [1.54, 1.807) is 36.4 Å². The number of nitrogens with one attached hydrogen (secondary N) is 1. The van der Waals surface area contributed by atoms with Gasteiger partial charge in [-0.2, -0.15) is 0 Å². The molecule has 0 atom stereocenters. The normalized spacial score (nSPS) is 15.4. The summed E-state index contributed by atoms with van der Waals surface area (Å²) in [5.41, 5.74) is 0.687. The molecular weight excluding hydrogens is 491 g/mol. The first-order valence-electron chi connectivity index (χ1n) is 8.36. The zero-order valence-electron chi connectivity index (χ0n) is 15.8. The van der Waals surface area contributed by atoms with E-state index in [1.807, 2.05) is 0 Å². The number of methoxy groups -OCH3 is 3. The van der Waals surface area contributed by atoms with E-state index in [0.29, 0.717) is 28.5 Å². The van der Waals surface area contributed by atoms with Gasteiger partial charge in [-0.15, -0.1) is 0 Å². The molecule has 150 valence electrons. The second kappa shape index (κ2) is 8.52. The van der Waals surface area contributed by atoms with Gasteiger partial charge in [0.15, 0.2) is 11.5 Å². The SMILES string of the molecule is COc1ccc(N2C(=O)NC(=O)/C(=C\c3cc(I)c(OC)c(OC)c3)C2=O)cc1. The summed E-state index contributed by atoms with van der Waals surface area (Å²) < 4.78 is 16.4. The first-order chi connectivity index (χ1) is 13.9. The Morgan fingerprint density at radius 1 is 0.966 bits per heavy atom. The van der Waals surface area contributed by atoms with Gasteiger partial charge in [0.1, 0.15) is 11.3 Å². The molecule has 1 aliphatic rings. The Labute approximate surface area is 180 Å². The summed E-state index contributed by atoms with van der Waals surface area (Å²) >= 11 is 2.07. The number of anilines is 1. The Hall–Kier alpha value is -3.08. The number of imide groups is 2. The topological polar surface area (TPSA) is 94.2 Å². The monoisotopic (exact) mass is 508 g/mol. The summed E-state index contributed by atoms with van der Waals surface area (Å²) in [6, 6.07) is 8.92. The lowest BCUT2D eigenvalue weighted by Crippen LogP contribution is -2.54. The molecule has 0 radical (unpaired) electrons. The van der Waals surface area contributed by atoms with E-state index < -0.39 is 17.8 Å². The van der Waals surface area contributed by atoms with Crippen LogP contribution in [0.3, 0.4) is 0 Å². The fraction of sp³-hybridized carbons (Fsp3) is 0.150. The molecule has 2 aromatic rings. The molecule has 4 amide bonds. The van der Waals surface area contributed by atoms with E-state index in [1.165, 1.54) is 27.4 Å². The van der Waals surface area contributed by atoms with Gasteiger partial charge in [-0.25, -0.2) is 9.69 Å². The molecule has 3 rings (SSSR count).